The number of phenols is 2. The summed E-state index contributed by atoms with van der Waals surface area (Å²) in [7, 11) is 0. The number of nitrogens with zero attached hydrogens (tertiary/aromatic N) is 1. The highest BCUT2D eigenvalue weighted by Gasteiger charge is 2.35. The van der Waals surface area contributed by atoms with Crippen molar-refractivity contribution < 1.29 is 41.2 Å². The number of hydrogen-bond donors (Lipinski definition) is 3. The van der Waals surface area contributed by atoms with E-state index in [-0.39, 0.29) is 29.1 Å². The fraction of sp³-hybridized carbons (Fsp3) is 0.536. The third kappa shape index (κ3) is 10.1. The maximum Gasteiger partial charge on any atom is 0.408 e. The molecule has 1 aliphatic heterocycles. The predicted molar refractivity (Wildman–Crippen MR) is 135 cm³/mol. The summed E-state index contributed by atoms with van der Waals surface area (Å²) in [5.74, 6) is 0.624. The number of carbonyl (C=O) groups is 1. The third-order valence-corrected chi connectivity index (χ3v) is 6.53. The van der Waals surface area contributed by atoms with Gasteiger partial charge >= 0.3 is 6.09 Å². The number of nitrogens with one attached hydrogen (secondary N) is 1. The standard InChI is InChI=1S/C28H40N2O4.BrH/c1-28(2,3)34-27(33)29-24-13-8-18-30(21-24,16-6-11-22-9-4-14-25(31)19-22)17-7-12-23-10-5-15-26(32)20-23;/h4-5,9-10,14-15,19-20,24H,6-8,11-13,16-18,21H2,1-3H3,(H2-,29,31,32,33);1H. The van der Waals surface area contributed by atoms with Crippen molar-refractivity contribution >= 4 is 6.09 Å². The number of ether oxygens (including phenoxy) is 1. The van der Waals surface area contributed by atoms with Crippen LogP contribution in [0.3, 0.4) is 0 Å². The summed E-state index contributed by atoms with van der Waals surface area (Å²) in [6, 6.07) is 15.1. The molecule has 2 aromatic carbocycles. The molecule has 0 aliphatic carbocycles. The van der Waals surface area contributed by atoms with Gasteiger partial charge in [-0.1, -0.05) is 24.3 Å². The van der Waals surface area contributed by atoms with Crippen LogP contribution in [0, 0.1) is 0 Å². The topological polar surface area (TPSA) is 78.8 Å². The number of amides is 1. The van der Waals surface area contributed by atoms with Gasteiger partial charge in [-0.05, 0) is 81.8 Å². The van der Waals surface area contributed by atoms with Crippen LogP contribution in [0.5, 0.6) is 11.5 Å². The molecular formula is C28H41BrN2O4. The van der Waals surface area contributed by atoms with Crippen LogP contribution in [-0.4, -0.2) is 58.6 Å². The second kappa shape index (κ2) is 13.2. The lowest BCUT2D eigenvalue weighted by atomic mass is 9.99. The van der Waals surface area contributed by atoms with Crippen molar-refractivity contribution in [2.45, 2.75) is 70.9 Å². The molecule has 0 saturated carbocycles. The minimum absolute atomic E-state index is 0. The van der Waals surface area contributed by atoms with Crippen molar-refractivity contribution in [1.82, 2.24) is 5.32 Å². The van der Waals surface area contributed by atoms with E-state index in [1.807, 2.05) is 45.0 Å². The van der Waals surface area contributed by atoms with Crippen molar-refractivity contribution in [1.29, 1.82) is 0 Å². The monoisotopic (exact) mass is 548 g/mol. The first-order chi connectivity index (χ1) is 16.1. The average Bonchev–Trinajstić information content (AvgIpc) is 2.73. The molecule has 3 N–H and O–H groups in total. The van der Waals surface area contributed by atoms with Gasteiger partial charge < -0.3 is 41.7 Å². The Kier molecular flexibility index (Phi) is 10.9. The SMILES string of the molecule is CC(C)(C)OC(=O)NC1CCC[N+](CCCc2cccc(O)c2)(CCCc2cccc(O)c2)C1.[Br-]. The smallest absolute Gasteiger partial charge is 0.408 e. The number of likely N-dealkylation sites (tertiary alicyclic amines) is 1. The Morgan fingerprint density at radius 1 is 1.00 bits per heavy atom. The van der Waals surface area contributed by atoms with Crippen LogP contribution in [0.15, 0.2) is 48.5 Å². The largest absolute Gasteiger partial charge is 1.00 e. The van der Waals surface area contributed by atoms with Gasteiger partial charge in [-0.15, -0.1) is 0 Å². The number of carbonyl (C=O) groups excluding carboxylic acids is 1. The van der Waals surface area contributed by atoms with Crippen molar-refractivity contribution in [3.63, 3.8) is 0 Å². The molecular weight excluding hydrogens is 508 g/mol. The molecule has 3 rings (SSSR count). The van der Waals surface area contributed by atoms with Crippen LogP contribution < -0.4 is 22.3 Å². The highest BCUT2D eigenvalue weighted by atomic mass is 79.9. The van der Waals surface area contributed by atoms with Gasteiger partial charge in [-0.3, -0.25) is 0 Å². The zero-order chi connectivity index (χ0) is 24.6. The molecule has 35 heavy (non-hydrogen) atoms. The summed E-state index contributed by atoms with van der Waals surface area (Å²) >= 11 is 0. The van der Waals surface area contributed by atoms with Crippen LogP contribution in [0.1, 0.15) is 57.6 Å². The summed E-state index contributed by atoms with van der Waals surface area (Å²) in [5, 5.41) is 22.7. The number of rotatable bonds is 9. The molecule has 1 aliphatic rings. The van der Waals surface area contributed by atoms with Gasteiger partial charge in [0, 0.05) is 12.8 Å². The second-order valence-electron chi connectivity index (χ2n) is 10.7. The van der Waals surface area contributed by atoms with Crippen LogP contribution in [0.25, 0.3) is 0 Å². The molecule has 1 atom stereocenters. The number of piperidine rings is 1. The Morgan fingerprint density at radius 2 is 1.54 bits per heavy atom. The Morgan fingerprint density at radius 3 is 2.03 bits per heavy atom. The number of aromatic hydroxyl groups is 2. The summed E-state index contributed by atoms with van der Waals surface area (Å²) in [4.78, 5) is 12.4. The predicted octanol–water partition coefficient (Wildman–Crippen LogP) is 2.17. The van der Waals surface area contributed by atoms with Gasteiger partial charge in [0.2, 0.25) is 0 Å². The molecule has 0 aromatic heterocycles. The van der Waals surface area contributed by atoms with Gasteiger partial charge in [0.05, 0.1) is 32.2 Å². The number of phenolic OH excluding ortho intramolecular Hbond substituents is 2. The second-order valence-corrected chi connectivity index (χ2v) is 10.7. The lowest BCUT2D eigenvalue weighted by molar-refractivity contribution is -0.933. The van der Waals surface area contributed by atoms with Gasteiger partial charge in [0.25, 0.3) is 0 Å². The maximum atomic E-state index is 12.4. The zero-order valence-electron chi connectivity index (χ0n) is 21.3. The molecule has 1 saturated heterocycles. The van der Waals surface area contributed by atoms with E-state index in [9.17, 15) is 15.0 Å². The van der Waals surface area contributed by atoms with Gasteiger partial charge in [-0.2, -0.15) is 0 Å². The molecule has 2 aromatic rings. The van der Waals surface area contributed by atoms with Crippen molar-refractivity contribution in [3.8, 4) is 11.5 Å². The minimum Gasteiger partial charge on any atom is -1.00 e. The zero-order valence-corrected chi connectivity index (χ0v) is 22.9. The van der Waals surface area contributed by atoms with E-state index >= 15 is 0 Å². The van der Waals surface area contributed by atoms with E-state index in [1.165, 1.54) is 0 Å². The minimum atomic E-state index is -0.507. The molecule has 1 unspecified atom stereocenters. The quantitative estimate of drug-likeness (QED) is 0.419. The van der Waals surface area contributed by atoms with Crippen molar-refractivity contribution in [2.24, 2.45) is 0 Å². The summed E-state index contributed by atoms with van der Waals surface area (Å²) < 4.78 is 6.47. The maximum absolute atomic E-state index is 12.4. The summed E-state index contributed by atoms with van der Waals surface area (Å²) in [5.41, 5.74) is 1.80. The van der Waals surface area contributed by atoms with E-state index in [2.05, 4.69) is 17.4 Å². The molecule has 0 spiro atoms. The normalized spacial score (nSPS) is 17.3. The first-order valence-corrected chi connectivity index (χ1v) is 12.5. The number of quaternary nitrogens is 1. The highest BCUT2D eigenvalue weighted by Crippen LogP contribution is 2.24. The van der Waals surface area contributed by atoms with Crippen LogP contribution in [0.4, 0.5) is 4.79 Å². The fourth-order valence-electron chi connectivity index (χ4n) is 5.09. The summed E-state index contributed by atoms with van der Waals surface area (Å²) in [6.45, 7) is 9.72. The number of alkyl carbamates (subject to hydrolysis) is 1. The van der Waals surface area contributed by atoms with E-state index in [0.717, 1.165) is 80.3 Å². The molecule has 0 bridgehead atoms. The molecule has 1 fully saturated rings. The number of benzene rings is 2. The lowest BCUT2D eigenvalue weighted by Crippen LogP contribution is -3.00. The first kappa shape index (κ1) is 29.0. The van der Waals surface area contributed by atoms with Crippen molar-refractivity contribution in [2.75, 3.05) is 26.2 Å². The molecule has 194 valence electrons. The lowest BCUT2D eigenvalue weighted by Gasteiger charge is -2.45. The molecule has 1 heterocycles. The Hall–Kier alpha value is -2.25. The summed E-state index contributed by atoms with van der Waals surface area (Å²) in [6.07, 6.45) is 5.59. The van der Waals surface area contributed by atoms with Crippen LogP contribution in [-0.2, 0) is 17.6 Å². The van der Waals surface area contributed by atoms with Crippen molar-refractivity contribution in [3.05, 3.63) is 59.7 Å². The van der Waals surface area contributed by atoms with Crippen LogP contribution in [0.2, 0.25) is 0 Å². The molecule has 6 nitrogen and oxygen atoms in total. The van der Waals surface area contributed by atoms with E-state index < -0.39 is 5.60 Å². The Bertz CT molecular complexity index is 893. The molecule has 0 radical (unpaired) electrons. The van der Waals surface area contributed by atoms with E-state index in [0.29, 0.717) is 11.5 Å². The first-order valence-electron chi connectivity index (χ1n) is 12.5. The number of hydrogen-bond acceptors (Lipinski definition) is 4. The van der Waals surface area contributed by atoms with Gasteiger partial charge in [0.15, 0.2) is 0 Å². The fourth-order valence-corrected chi connectivity index (χ4v) is 5.09. The molecule has 1 amide bonds. The van der Waals surface area contributed by atoms with Gasteiger partial charge in [0.1, 0.15) is 17.1 Å². The number of halogens is 1. The van der Waals surface area contributed by atoms with E-state index in [1.54, 1.807) is 12.1 Å². The van der Waals surface area contributed by atoms with Crippen LogP contribution >= 0.6 is 0 Å². The number of aryl methyl sites for hydroxylation is 2. The third-order valence-electron chi connectivity index (χ3n) is 6.53. The Balaban J connectivity index is 0.00000432. The van der Waals surface area contributed by atoms with Gasteiger partial charge in [-0.25, -0.2) is 4.79 Å². The van der Waals surface area contributed by atoms with E-state index in [4.69, 9.17) is 4.74 Å². The Labute approximate surface area is 220 Å². The highest BCUT2D eigenvalue weighted by molar-refractivity contribution is 5.68. The average molecular weight is 550 g/mol. The molecule has 7 heteroatoms.